The zero-order chi connectivity index (χ0) is 16.4. The summed E-state index contributed by atoms with van der Waals surface area (Å²) in [7, 11) is 1.90. The van der Waals surface area contributed by atoms with Crippen LogP contribution in [0.5, 0.6) is 0 Å². The fraction of sp³-hybridized carbons (Fsp3) is 0.450. The molecule has 0 radical (unpaired) electrons. The van der Waals surface area contributed by atoms with Crippen molar-refractivity contribution in [1.29, 1.82) is 0 Å². The van der Waals surface area contributed by atoms with Crippen LogP contribution in [-0.2, 0) is 4.79 Å². The summed E-state index contributed by atoms with van der Waals surface area (Å²) in [6.07, 6.45) is 2.27. The average Bonchev–Trinajstić information content (AvgIpc) is 3.39. The molecule has 3 nitrogen and oxygen atoms in total. The third-order valence-corrected chi connectivity index (χ3v) is 4.80. The number of benzene rings is 2. The van der Waals surface area contributed by atoms with Crippen LogP contribution in [0.15, 0.2) is 42.5 Å². The van der Waals surface area contributed by atoms with Gasteiger partial charge >= 0.3 is 0 Å². The van der Waals surface area contributed by atoms with Crippen LogP contribution < -0.4 is 5.32 Å². The Morgan fingerprint density at radius 3 is 2.52 bits per heavy atom. The van der Waals surface area contributed by atoms with Gasteiger partial charge in [-0.1, -0.05) is 43.3 Å². The van der Waals surface area contributed by atoms with E-state index in [9.17, 15) is 4.79 Å². The average molecular weight is 310 g/mol. The van der Waals surface area contributed by atoms with E-state index in [1.807, 2.05) is 14.0 Å². The first-order valence-corrected chi connectivity index (χ1v) is 8.57. The number of carbonyl (C=O) groups excluding carboxylic acids is 1. The quantitative estimate of drug-likeness (QED) is 0.881. The minimum atomic E-state index is 0.0171. The number of fused-ring (bicyclic) bond motifs is 1. The molecule has 0 spiro atoms. The lowest BCUT2D eigenvalue weighted by molar-refractivity contribution is -0.137. The second kappa shape index (κ2) is 6.71. The van der Waals surface area contributed by atoms with Crippen molar-refractivity contribution >= 4 is 16.7 Å². The lowest BCUT2D eigenvalue weighted by Gasteiger charge is -2.32. The van der Waals surface area contributed by atoms with Gasteiger partial charge in [0, 0.05) is 18.5 Å². The molecule has 1 aliphatic carbocycles. The number of carbonyl (C=O) groups is 1. The van der Waals surface area contributed by atoms with Gasteiger partial charge in [0.25, 0.3) is 0 Å². The topological polar surface area (TPSA) is 32.3 Å². The van der Waals surface area contributed by atoms with Gasteiger partial charge in [0.15, 0.2) is 0 Å². The zero-order valence-corrected chi connectivity index (χ0v) is 14.3. The molecule has 2 unspecified atom stereocenters. The second-order valence-corrected chi connectivity index (χ2v) is 6.72. The highest BCUT2D eigenvalue weighted by atomic mass is 16.2. The summed E-state index contributed by atoms with van der Waals surface area (Å²) in [4.78, 5) is 15.0. The van der Waals surface area contributed by atoms with Crippen molar-refractivity contribution in [2.24, 2.45) is 5.92 Å². The Balaban J connectivity index is 1.87. The molecule has 3 rings (SSSR count). The van der Waals surface area contributed by atoms with E-state index in [0.717, 1.165) is 19.4 Å². The van der Waals surface area contributed by atoms with Crippen LogP contribution in [-0.4, -0.2) is 30.4 Å². The van der Waals surface area contributed by atoms with Crippen molar-refractivity contribution < 1.29 is 4.79 Å². The van der Waals surface area contributed by atoms with Crippen LogP contribution in [0.4, 0.5) is 0 Å². The van der Waals surface area contributed by atoms with Crippen molar-refractivity contribution in [3.8, 4) is 0 Å². The molecule has 0 aromatic heterocycles. The summed E-state index contributed by atoms with van der Waals surface area (Å²) in [6, 6.07) is 15.5. The monoisotopic (exact) mass is 310 g/mol. The molecule has 2 atom stereocenters. The van der Waals surface area contributed by atoms with Crippen molar-refractivity contribution in [1.82, 2.24) is 10.2 Å². The van der Waals surface area contributed by atoms with E-state index >= 15 is 0 Å². The van der Waals surface area contributed by atoms with Gasteiger partial charge in [0.05, 0.1) is 6.04 Å². The molecule has 0 bridgehead atoms. The Morgan fingerprint density at radius 1 is 1.17 bits per heavy atom. The number of nitrogens with zero attached hydrogens (tertiary/aromatic N) is 1. The number of rotatable bonds is 6. The van der Waals surface area contributed by atoms with E-state index in [1.165, 1.54) is 16.3 Å². The van der Waals surface area contributed by atoms with E-state index < -0.39 is 0 Å². The first-order valence-electron chi connectivity index (χ1n) is 8.57. The van der Waals surface area contributed by atoms with Crippen LogP contribution >= 0.6 is 0 Å². The maximum Gasteiger partial charge on any atom is 0.227 e. The summed E-state index contributed by atoms with van der Waals surface area (Å²) < 4.78 is 0. The Labute approximate surface area is 138 Å². The number of hydrogen-bond acceptors (Lipinski definition) is 2. The van der Waals surface area contributed by atoms with E-state index in [0.29, 0.717) is 6.04 Å². The van der Waals surface area contributed by atoms with Gasteiger partial charge < -0.3 is 10.2 Å². The number of amides is 1. The highest BCUT2D eigenvalue weighted by Gasteiger charge is 2.37. The van der Waals surface area contributed by atoms with E-state index in [1.54, 1.807) is 0 Å². The van der Waals surface area contributed by atoms with Gasteiger partial charge in [0.1, 0.15) is 0 Å². The molecule has 0 saturated heterocycles. The first kappa shape index (κ1) is 16.0. The van der Waals surface area contributed by atoms with Crippen LogP contribution in [0.3, 0.4) is 0 Å². The lowest BCUT2D eigenvalue weighted by Crippen LogP contribution is -2.41. The van der Waals surface area contributed by atoms with Crippen LogP contribution in [0.2, 0.25) is 0 Å². The SMILES string of the molecule is CNCC(C)C(=O)N(C1CC1)C(C)c1ccc2ccccc2c1. The zero-order valence-electron chi connectivity index (χ0n) is 14.3. The molecule has 1 aliphatic rings. The molecule has 122 valence electrons. The Hall–Kier alpha value is -1.87. The third kappa shape index (κ3) is 3.40. The van der Waals surface area contributed by atoms with Gasteiger partial charge in [0.2, 0.25) is 5.91 Å². The Kier molecular flexibility index (Phi) is 4.67. The van der Waals surface area contributed by atoms with Crippen molar-refractivity contribution in [3.63, 3.8) is 0 Å². The molecule has 1 fully saturated rings. The van der Waals surface area contributed by atoms with Gasteiger partial charge in [-0.15, -0.1) is 0 Å². The molecule has 23 heavy (non-hydrogen) atoms. The second-order valence-electron chi connectivity index (χ2n) is 6.72. The van der Waals surface area contributed by atoms with Crippen LogP contribution in [0.1, 0.15) is 38.3 Å². The molecule has 1 N–H and O–H groups in total. The molecule has 0 heterocycles. The van der Waals surface area contributed by atoms with Gasteiger partial charge in [-0.2, -0.15) is 0 Å². The van der Waals surface area contributed by atoms with E-state index in [4.69, 9.17) is 0 Å². The highest BCUT2D eigenvalue weighted by molar-refractivity contribution is 5.84. The molecule has 2 aromatic carbocycles. The van der Waals surface area contributed by atoms with Gasteiger partial charge in [-0.25, -0.2) is 0 Å². The highest BCUT2D eigenvalue weighted by Crippen LogP contribution is 2.36. The van der Waals surface area contributed by atoms with Crippen LogP contribution in [0.25, 0.3) is 10.8 Å². The summed E-state index contributed by atoms with van der Waals surface area (Å²) in [5, 5.41) is 5.60. The van der Waals surface area contributed by atoms with Gasteiger partial charge in [-0.05, 0) is 49.2 Å². The fourth-order valence-corrected chi connectivity index (χ4v) is 3.32. The standard InChI is InChI=1S/C20H26N2O/c1-14(13-21-3)20(23)22(19-10-11-19)15(2)17-9-8-16-6-4-5-7-18(16)12-17/h4-9,12,14-15,19,21H,10-11,13H2,1-3H3. The minimum absolute atomic E-state index is 0.0171. The smallest absolute Gasteiger partial charge is 0.227 e. The van der Waals surface area contributed by atoms with Crippen LogP contribution in [0, 0.1) is 5.92 Å². The number of hydrogen-bond donors (Lipinski definition) is 1. The molecule has 3 heteroatoms. The summed E-state index contributed by atoms with van der Waals surface area (Å²) >= 11 is 0. The predicted molar refractivity (Wildman–Crippen MR) is 95.3 cm³/mol. The van der Waals surface area contributed by atoms with E-state index in [-0.39, 0.29) is 17.9 Å². The lowest BCUT2D eigenvalue weighted by atomic mass is 10.00. The third-order valence-electron chi connectivity index (χ3n) is 4.80. The summed E-state index contributed by atoms with van der Waals surface area (Å²) in [5.41, 5.74) is 1.22. The molecule has 1 saturated carbocycles. The van der Waals surface area contributed by atoms with Gasteiger partial charge in [-0.3, -0.25) is 4.79 Å². The maximum atomic E-state index is 12.9. The normalized spacial score (nSPS) is 17.0. The predicted octanol–water partition coefficient (Wildman–Crippen LogP) is 3.75. The molecule has 2 aromatic rings. The minimum Gasteiger partial charge on any atom is -0.333 e. The van der Waals surface area contributed by atoms with Crippen molar-refractivity contribution in [2.45, 2.75) is 38.8 Å². The first-order chi connectivity index (χ1) is 11.1. The molecule has 0 aliphatic heterocycles. The van der Waals surface area contributed by atoms with Crippen molar-refractivity contribution in [2.75, 3.05) is 13.6 Å². The largest absolute Gasteiger partial charge is 0.333 e. The Morgan fingerprint density at radius 2 is 1.87 bits per heavy atom. The molecular formula is C20H26N2O. The fourth-order valence-electron chi connectivity index (χ4n) is 3.32. The number of nitrogens with one attached hydrogen (secondary N) is 1. The maximum absolute atomic E-state index is 12.9. The molecule has 1 amide bonds. The Bertz CT molecular complexity index is 693. The van der Waals surface area contributed by atoms with E-state index in [2.05, 4.69) is 59.6 Å². The summed E-state index contributed by atoms with van der Waals surface area (Å²) in [6.45, 7) is 4.90. The summed E-state index contributed by atoms with van der Waals surface area (Å²) in [5.74, 6) is 0.283. The van der Waals surface area contributed by atoms with Crippen molar-refractivity contribution in [3.05, 3.63) is 48.0 Å². The molecular weight excluding hydrogens is 284 g/mol.